The third-order valence-corrected chi connectivity index (χ3v) is 5.36. The van der Waals surface area contributed by atoms with Gasteiger partial charge in [-0.1, -0.05) is 24.3 Å². The quantitative estimate of drug-likeness (QED) is 0.630. The average molecular weight is 389 g/mol. The van der Waals surface area contributed by atoms with Crippen LogP contribution in [0.3, 0.4) is 0 Å². The first-order valence-electron chi connectivity index (χ1n) is 9.89. The van der Waals surface area contributed by atoms with E-state index in [1.165, 1.54) is 12.1 Å². The van der Waals surface area contributed by atoms with Crippen LogP contribution in [0.25, 0.3) is 17.0 Å². The Labute approximate surface area is 170 Å². The highest BCUT2D eigenvalue weighted by molar-refractivity contribution is 5.93. The summed E-state index contributed by atoms with van der Waals surface area (Å²) < 4.78 is 13.1. The van der Waals surface area contributed by atoms with Crippen molar-refractivity contribution in [2.75, 3.05) is 19.6 Å². The summed E-state index contributed by atoms with van der Waals surface area (Å²) >= 11 is 0. The van der Waals surface area contributed by atoms with Crippen LogP contribution in [0.2, 0.25) is 0 Å². The molecule has 4 rings (SSSR count). The van der Waals surface area contributed by atoms with Gasteiger partial charge in [0.05, 0.1) is 5.52 Å². The summed E-state index contributed by atoms with van der Waals surface area (Å²) in [6.45, 7) is 5.15. The predicted molar refractivity (Wildman–Crippen MR) is 114 cm³/mol. The van der Waals surface area contributed by atoms with Crippen molar-refractivity contribution in [2.45, 2.75) is 19.5 Å². The van der Waals surface area contributed by atoms with Gasteiger partial charge in [-0.05, 0) is 54.5 Å². The third-order valence-electron chi connectivity index (χ3n) is 5.36. The number of aromatic nitrogens is 1. The smallest absolute Gasteiger partial charge is 0.246 e. The van der Waals surface area contributed by atoms with Crippen LogP contribution in [0.5, 0.6) is 0 Å². The van der Waals surface area contributed by atoms with Gasteiger partial charge in [-0.15, -0.1) is 0 Å². The van der Waals surface area contributed by atoms with Crippen molar-refractivity contribution >= 4 is 22.9 Å². The van der Waals surface area contributed by atoms with Crippen LogP contribution < -0.4 is 0 Å². The molecule has 1 aliphatic heterocycles. The molecule has 29 heavy (non-hydrogen) atoms. The molecule has 2 heterocycles. The number of carbonyl (C=O) groups is 1. The van der Waals surface area contributed by atoms with Crippen molar-refractivity contribution < 1.29 is 9.18 Å². The molecule has 1 amide bonds. The molecule has 0 saturated carbocycles. The predicted octanol–water partition coefficient (Wildman–Crippen LogP) is 4.12. The molecule has 5 heteroatoms. The number of fused-ring (bicyclic) bond motifs is 1. The molecule has 3 aromatic rings. The van der Waals surface area contributed by atoms with Crippen LogP contribution in [0.4, 0.5) is 4.39 Å². The molecule has 0 bridgehead atoms. The highest BCUT2D eigenvalue weighted by Crippen LogP contribution is 2.17. The van der Waals surface area contributed by atoms with Gasteiger partial charge in [0.15, 0.2) is 0 Å². The molecule has 0 radical (unpaired) electrons. The fraction of sp³-hybridized carbons (Fsp3) is 0.250. The van der Waals surface area contributed by atoms with E-state index in [1.807, 2.05) is 53.4 Å². The molecule has 1 saturated heterocycles. The molecule has 1 aromatic heterocycles. The first kappa shape index (κ1) is 19.3. The molecule has 2 aromatic carbocycles. The van der Waals surface area contributed by atoms with Crippen LogP contribution >= 0.6 is 0 Å². The second kappa shape index (κ2) is 8.53. The van der Waals surface area contributed by atoms with E-state index < -0.39 is 0 Å². The normalized spacial score (nSPS) is 17.9. The standard InChI is InChI=1S/C24H24FN3O/c1-18-16-27(17-20-4-8-22(25)9-5-20)13-14-28(18)24(29)11-7-19-6-10-23-21(15-19)3-2-12-26-23/h2-12,15,18H,13-14,16-17H2,1H3/b11-7+/t18-/m1/s1. The molecule has 1 fully saturated rings. The summed E-state index contributed by atoms with van der Waals surface area (Å²) in [4.78, 5) is 21.3. The van der Waals surface area contributed by atoms with E-state index in [4.69, 9.17) is 0 Å². The topological polar surface area (TPSA) is 36.4 Å². The SMILES string of the molecule is C[C@@H]1CN(Cc2ccc(F)cc2)CCN1C(=O)/C=C/c1ccc2ncccc2c1. The van der Waals surface area contributed by atoms with Gasteiger partial charge in [-0.25, -0.2) is 4.39 Å². The largest absolute Gasteiger partial charge is 0.334 e. The average Bonchev–Trinajstić information content (AvgIpc) is 2.73. The van der Waals surface area contributed by atoms with E-state index in [0.29, 0.717) is 6.54 Å². The summed E-state index contributed by atoms with van der Waals surface area (Å²) in [5.74, 6) is -0.183. The molecule has 0 unspecified atom stereocenters. The van der Waals surface area contributed by atoms with Crippen LogP contribution in [-0.4, -0.2) is 46.4 Å². The minimum Gasteiger partial charge on any atom is -0.334 e. The maximum absolute atomic E-state index is 13.1. The van der Waals surface area contributed by atoms with Gasteiger partial charge in [0, 0.05) is 49.9 Å². The zero-order valence-corrected chi connectivity index (χ0v) is 16.5. The number of benzene rings is 2. The molecule has 4 nitrogen and oxygen atoms in total. The van der Waals surface area contributed by atoms with Crippen molar-refractivity contribution in [1.82, 2.24) is 14.8 Å². The first-order valence-corrected chi connectivity index (χ1v) is 9.89. The third kappa shape index (κ3) is 4.69. The van der Waals surface area contributed by atoms with Crippen molar-refractivity contribution in [3.63, 3.8) is 0 Å². The highest BCUT2D eigenvalue weighted by Gasteiger charge is 2.26. The molecule has 0 spiro atoms. The Morgan fingerprint density at radius 1 is 1.17 bits per heavy atom. The molecular formula is C24H24FN3O. The Balaban J connectivity index is 1.36. The maximum atomic E-state index is 13.1. The molecule has 0 N–H and O–H groups in total. The van der Waals surface area contributed by atoms with E-state index in [0.717, 1.165) is 41.7 Å². The van der Waals surface area contributed by atoms with Crippen molar-refractivity contribution in [3.8, 4) is 0 Å². The Morgan fingerprint density at radius 3 is 2.79 bits per heavy atom. The Hall–Kier alpha value is -3.05. The van der Waals surface area contributed by atoms with E-state index in [2.05, 4.69) is 16.8 Å². The van der Waals surface area contributed by atoms with Gasteiger partial charge in [-0.2, -0.15) is 0 Å². The van der Waals surface area contributed by atoms with Gasteiger partial charge in [0.2, 0.25) is 5.91 Å². The van der Waals surface area contributed by atoms with Gasteiger partial charge >= 0.3 is 0 Å². The van der Waals surface area contributed by atoms with Gasteiger partial charge < -0.3 is 4.90 Å². The minimum atomic E-state index is -0.216. The zero-order chi connectivity index (χ0) is 20.2. The second-order valence-electron chi connectivity index (χ2n) is 7.53. The van der Waals surface area contributed by atoms with E-state index in [-0.39, 0.29) is 17.8 Å². The number of amides is 1. The Bertz CT molecular complexity index is 1030. The lowest BCUT2D eigenvalue weighted by Gasteiger charge is -2.39. The number of pyridine rings is 1. The van der Waals surface area contributed by atoms with Crippen LogP contribution in [-0.2, 0) is 11.3 Å². The first-order chi connectivity index (χ1) is 14.1. The Kier molecular flexibility index (Phi) is 5.67. The minimum absolute atomic E-state index is 0.0326. The number of hydrogen-bond donors (Lipinski definition) is 0. The summed E-state index contributed by atoms with van der Waals surface area (Å²) in [5.41, 5.74) is 3.02. The number of piperazine rings is 1. The van der Waals surface area contributed by atoms with E-state index >= 15 is 0 Å². The summed E-state index contributed by atoms with van der Waals surface area (Å²) in [6.07, 6.45) is 5.30. The number of rotatable bonds is 4. The van der Waals surface area contributed by atoms with Crippen molar-refractivity contribution in [1.29, 1.82) is 0 Å². The van der Waals surface area contributed by atoms with Crippen LogP contribution in [0, 0.1) is 5.82 Å². The fourth-order valence-electron chi connectivity index (χ4n) is 3.81. The molecule has 0 aliphatic carbocycles. The summed E-state index contributed by atoms with van der Waals surface area (Å²) in [7, 11) is 0. The van der Waals surface area contributed by atoms with Crippen LogP contribution in [0.15, 0.2) is 66.9 Å². The lowest BCUT2D eigenvalue weighted by atomic mass is 10.1. The van der Waals surface area contributed by atoms with E-state index in [9.17, 15) is 9.18 Å². The summed E-state index contributed by atoms with van der Waals surface area (Å²) in [5, 5.41) is 1.06. The summed E-state index contributed by atoms with van der Waals surface area (Å²) in [6, 6.07) is 16.7. The highest BCUT2D eigenvalue weighted by atomic mass is 19.1. The lowest BCUT2D eigenvalue weighted by Crippen LogP contribution is -2.53. The molecular weight excluding hydrogens is 365 g/mol. The van der Waals surface area contributed by atoms with Crippen molar-refractivity contribution in [2.24, 2.45) is 0 Å². The fourth-order valence-corrected chi connectivity index (χ4v) is 3.81. The monoisotopic (exact) mass is 389 g/mol. The van der Waals surface area contributed by atoms with Gasteiger partial charge in [0.25, 0.3) is 0 Å². The number of hydrogen-bond acceptors (Lipinski definition) is 3. The Morgan fingerprint density at radius 2 is 2.00 bits per heavy atom. The van der Waals surface area contributed by atoms with Crippen LogP contribution in [0.1, 0.15) is 18.1 Å². The maximum Gasteiger partial charge on any atom is 0.246 e. The second-order valence-corrected chi connectivity index (χ2v) is 7.53. The molecule has 1 atom stereocenters. The number of halogens is 1. The molecule has 1 aliphatic rings. The van der Waals surface area contributed by atoms with Gasteiger partial charge in [0.1, 0.15) is 5.82 Å². The van der Waals surface area contributed by atoms with Crippen molar-refractivity contribution in [3.05, 3.63) is 83.8 Å². The zero-order valence-electron chi connectivity index (χ0n) is 16.5. The number of nitrogens with zero attached hydrogens (tertiary/aromatic N) is 3. The number of carbonyl (C=O) groups excluding carboxylic acids is 1. The lowest BCUT2D eigenvalue weighted by molar-refractivity contribution is -0.130. The molecule has 148 valence electrons. The van der Waals surface area contributed by atoms with E-state index in [1.54, 1.807) is 12.3 Å². The van der Waals surface area contributed by atoms with Gasteiger partial charge in [-0.3, -0.25) is 14.7 Å².